The lowest BCUT2D eigenvalue weighted by Crippen LogP contribution is -2.64. The highest BCUT2D eigenvalue weighted by Gasteiger charge is 2.66. The quantitative estimate of drug-likeness (QED) is 0.550. The van der Waals surface area contributed by atoms with Crippen LogP contribution < -0.4 is 0 Å². The van der Waals surface area contributed by atoms with Gasteiger partial charge in [-0.25, -0.2) is 0 Å². The zero-order chi connectivity index (χ0) is 16.5. The number of fused-ring (bicyclic) bond motifs is 5. The third-order valence-corrected chi connectivity index (χ3v) is 8.12. The van der Waals surface area contributed by atoms with Gasteiger partial charge in [0.05, 0.1) is 0 Å². The highest BCUT2D eigenvalue weighted by molar-refractivity contribution is 5.87. The lowest BCUT2D eigenvalue weighted by atomic mass is 9.45. The van der Waals surface area contributed by atoms with Crippen molar-refractivity contribution < 1.29 is 19.1 Å². The number of Topliss-reactive ketones (excluding diaryl/α,β-unsaturated/α-hetero) is 1. The summed E-state index contributed by atoms with van der Waals surface area (Å²) < 4.78 is 5.66. The molecule has 0 spiro atoms. The van der Waals surface area contributed by atoms with Crippen molar-refractivity contribution in [2.45, 2.75) is 70.8 Å². The third kappa shape index (κ3) is 1.75. The summed E-state index contributed by atoms with van der Waals surface area (Å²) in [5.74, 6) is 1.54. The van der Waals surface area contributed by atoms with Gasteiger partial charge in [0.2, 0.25) is 0 Å². The Hall–Kier alpha value is -1.19. The topological polar surface area (TPSA) is 60.4 Å². The molecule has 1 saturated heterocycles. The normalized spacial score (nSPS) is 52.2. The molecule has 23 heavy (non-hydrogen) atoms. The van der Waals surface area contributed by atoms with Crippen LogP contribution in [0.5, 0.6) is 0 Å². The summed E-state index contributed by atoms with van der Waals surface area (Å²) in [5, 5.41) is 0. The first-order valence-corrected chi connectivity index (χ1v) is 9.08. The van der Waals surface area contributed by atoms with Crippen LogP contribution in [0.15, 0.2) is 0 Å². The van der Waals surface area contributed by atoms with Crippen molar-refractivity contribution in [2.75, 3.05) is 0 Å². The van der Waals surface area contributed by atoms with Crippen LogP contribution in [-0.2, 0) is 19.1 Å². The maximum Gasteiger partial charge on any atom is 0.306 e. The summed E-state index contributed by atoms with van der Waals surface area (Å²) in [6.07, 6.45) is 7.21. The van der Waals surface area contributed by atoms with Gasteiger partial charge in [-0.2, -0.15) is 0 Å². The number of ketones is 1. The lowest BCUT2D eigenvalue weighted by molar-refractivity contribution is -0.222. The van der Waals surface area contributed by atoms with E-state index in [1.54, 1.807) is 0 Å². The Bertz CT molecular complexity index is 584. The number of carbonyl (C=O) groups is 3. The summed E-state index contributed by atoms with van der Waals surface area (Å²) in [4.78, 5) is 36.2. The summed E-state index contributed by atoms with van der Waals surface area (Å²) in [5.41, 5.74) is -1.34. The number of esters is 1. The zero-order valence-corrected chi connectivity index (χ0v) is 14.1. The number of ether oxygens (including phenoxy) is 1. The van der Waals surface area contributed by atoms with Crippen LogP contribution in [0.4, 0.5) is 0 Å². The van der Waals surface area contributed by atoms with Crippen LogP contribution in [0.25, 0.3) is 0 Å². The van der Waals surface area contributed by atoms with Crippen molar-refractivity contribution in [1.29, 1.82) is 0 Å². The predicted molar refractivity (Wildman–Crippen MR) is 83.5 cm³/mol. The minimum absolute atomic E-state index is 0.149. The predicted octanol–water partition coefficient (Wildman–Crippen LogP) is 3.07. The lowest BCUT2D eigenvalue weighted by Gasteiger charge is -2.61. The molecule has 0 N–H and O–H groups in total. The second-order valence-electron chi connectivity index (χ2n) is 8.73. The van der Waals surface area contributed by atoms with Crippen molar-refractivity contribution in [2.24, 2.45) is 28.6 Å². The number of aldehydes is 1. The van der Waals surface area contributed by atoms with E-state index in [9.17, 15) is 14.4 Å². The monoisotopic (exact) mass is 318 g/mol. The Balaban J connectivity index is 1.72. The molecule has 0 aromatic heterocycles. The standard InChI is InChI=1S/C19H26O4/c1-17-8-6-14-12(13(17)3-4-15(17)21)5-10-19(11-20)18(14,2)9-7-16(22)23-19/h11-14H,3-10H2,1-2H3/t12-,13-,14-,17-,18+,19-/m0/s1. The van der Waals surface area contributed by atoms with Gasteiger partial charge < -0.3 is 4.74 Å². The SMILES string of the molecule is C[C@]12CC[C@H]3[C@@H](CC[C@@]4(C=O)OC(=O)CC[C@]34C)[C@@H]1CCC2=O. The van der Waals surface area contributed by atoms with Gasteiger partial charge in [-0.05, 0) is 56.3 Å². The molecule has 1 aliphatic heterocycles. The van der Waals surface area contributed by atoms with Gasteiger partial charge in [0.25, 0.3) is 0 Å². The Labute approximate surface area is 137 Å². The van der Waals surface area contributed by atoms with Gasteiger partial charge in [0, 0.05) is 23.7 Å². The first-order chi connectivity index (χ1) is 10.9. The second kappa shape index (κ2) is 4.67. The van der Waals surface area contributed by atoms with Crippen molar-refractivity contribution in [3.05, 3.63) is 0 Å². The first-order valence-electron chi connectivity index (χ1n) is 9.08. The molecule has 3 saturated carbocycles. The summed E-state index contributed by atoms with van der Waals surface area (Å²) in [7, 11) is 0. The van der Waals surface area contributed by atoms with E-state index in [1.165, 1.54) is 0 Å². The van der Waals surface area contributed by atoms with Crippen molar-refractivity contribution >= 4 is 18.0 Å². The molecule has 126 valence electrons. The molecule has 4 aliphatic rings. The Kier molecular flexibility index (Phi) is 3.12. The molecule has 0 unspecified atom stereocenters. The fraction of sp³-hybridized carbons (Fsp3) is 0.842. The van der Waals surface area contributed by atoms with Gasteiger partial charge in [0.15, 0.2) is 11.9 Å². The number of hydrogen-bond acceptors (Lipinski definition) is 4. The molecule has 6 atom stereocenters. The fourth-order valence-electron chi connectivity index (χ4n) is 6.63. The Morgan fingerprint density at radius 3 is 2.52 bits per heavy atom. The van der Waals surface area contributed by atoms with Crippen LogP contribution in [-0.4, -0.2) is 23.6 Å². The largest absolute Gasteiger partial charge is 0.451 e. The molecule has 4 nitrogen and oxygen atoms in total. The van der Waals surface area contributed by atoms with E-state index in [-0.39, 0.29) is 16.8 Å². The van der Waals surface area contributed by atoms with Gasteiger partial charge in [0.1, 0.15) is 5.78 Å². The molecule has 0 aromatic rings. The van der Waals surface area contributed by atoms with Crippen molar-refractivity contribution in [3.63, 3.8) is 0 Å². The van der Waals surface area contributed by atoms with Crippen LogP contribution in [0.1, 0.15) is 65.2 Å². The van der Waals surface area contributed by atoms with Gasteiger partial charge in [-0.3, -0.25) is 14.4 Å². The highest BCUT2D eigenvalue weighted by Crippen LogP contribution is 2.65. The molecule has 1 heterocycles. The minimum atomic E-state index is -0.931. The highest BCUT2D eigenvalue weighted by atomic mass is 16.6. The Morgan fingerprint density at radius 2 is 1.78 bits per heavy atom. The number of carbonyl (C=O) groups excluding carboxylic acids is 3. The molecule has 4 heteroatoms. The molecular formula is C19H26O4. The van der Waals surface area contributed by atoms with E-state index in [1.807, 2.05) is 0 Å². The van der Waals surface area contributed by atoms with Crippen LogP contribution >= 0.6 is 0 Å². The summed E-state index contributed by atoms with van der Waals surface area (Å²) in [6.45, 7) is 4.32. The molecule has 0 radical (unpaired) electrons. The molecule has 4 fully saturated rings. The first kappa shape index (κ1) is 15.3. The Morgan fingerprint density at radius 1 is 1.00 bits per heavy atom. The smallest absolute Gasteiger partial charge is 0.306 e. The van der Waals surface area contributed by atoms with E-state index in [0.717, 1.165) is 44.8 Å². The van der Waals surface area contributed by atoms with Gasteiger partial charge >= 0.3 is 5.97 Å². The molecule has 3 aliphatic carbocycles. The maximum absolute atomic E-state index is 12.4. The van der Waals surface area contributed by atoms with Crippen LogP contribution in [0.3, 0.4) is 0 Å². The van der Waals surface area contributed by atoms with E-state index < -0.39 is 5.60 Å². The van der Waals surface area contributed by atoms with E-state index in [0.29, 0.717) is 36.4 Å². The molecule has 0 amide bonds. The van der Waals surface area contributed by atoms with E-state index in [2.05, 4.69) is 13.8 Å². The zero-order valence-electron chi connectivity index (χ0n) is 14.1. The van der Waals surface area contributed by atoms with Crippen molar-refractivity contribution in [1.82, 2.24) is 0 Å². The summed E-state index contributed by atoms with van der Waals surface area (Å²) >= 11 is 0. The van der Waals surface area contributed by atoms with Crippen molar-refractivity contribution in [3.8, 4) is 0 Å². The molecule has 0 aromatic carbocycles. The minimum Gasteiger partial charge on any atom is -0.451 e. The number of hydrogen-bond donors (Lipinski definition) is 0. The average Bonchev–Trinajstić information content (AvgIpc) is 2.84. The summed E-state index contributed by atoms with van der Waals surface area (Å²) in [6, 6.07) is 0. The average molecular weight is 318 g/mol. The second-order valence-corrected chi connectivity index (χ2v) is 8.73. The van der Waals surface area contributed by atoms with Crippen LogP contribution in [0, 0.1) is 28.6 Å². The molecule has 4 rings (SSSR count). The number of rotatable bonds is 1. The van der Waals surface area contributed by atoms with E-state index in [4.69, 9.17) is 4.74 Å². The van der Waals surface area contributed by atoms with Gasteiger partial charge in [-0.15, -0.1) is 0 Å². The maximum atomic E-state index is 12.4. The van der Waals surface area contributed by atoms with Gasteiger partial charge in [-0.1, -0.05) is 13.8 Å². The molecule has 0 bridgehead atoms. The third-order valence-electron chi connectivity index (χ3n) is 8.12. The fourth-order valence-corrected chi connectivity index (χ4v) is 6.63. The van der Waals surface area contributed by atoms with E-state index >= 15 is 0 Å². The van der Waals surface area contributed by atoms with Crippen LogP contribution in [0.2, 0.25) is 0 Å². The molecular weight excluding hydrogens is 292 g/mol.